The van der Waals surface area contributed by atoms with Crippen molar-refractivity contribution in [2.45, 2.75) is 25.6 Å². The van der Waals surface area contributed by atoms with E-state index in [4.69, 9.17) is 9.47 Å². The molecule has 2 bridgehead atoms. The summed E-state index contributed by atoms with van der Waals surface area (Å²) in [4.78, 5) is 39.0. The first kappa shape index (κ1) is 16.9. The third-order valence-corrected chi connectivity index (χ3v) is 5.31. The van der Waals surface area contributed by atoms with E-state index in [1.165, 1.54) is 13.0 Å². The summed E-state index contributed by atoms with van der Waals surface area (Å²) in [5.74, 6) is -2.10. The van der Waals surface area contributed by atoms with Crippen molar-refractivity contribution >= 4 is 23.3 Å². The number of amides is 2. The van der Waals surface area contributed by atoms with Gasteiger partial charge in [-0.1, -0.05) is 12.2 Å². The molecule has 1 N–H and O–H groups in total. The number of imide groups is 1. The molecule has 26 heavy (non-hydrogen) atoms. The number of nitrogens with zero attached hydrogens (tertiary/aromatic N) is 1. The molecule has 0 unspecified atom stereocenters. The Morgan fingerprint density at radius 3 is 2.77 bits per heavy atom. The Hall–Kier alpha value is -2.51. The Kier molecular flexibility index (Phi) is 3.75. The lowest BCUT2D eigenvalue weighted by Crippen LogP contribution is -2.43. The Labute approximate surface area is 150 Å². The Bertz CT molecular complexity index is 846. The zero-order valence-electron chi connectivity index (χ0n) is 14.5. The van der Waals surface area contributed by atoms with Crippen molar-refractivity contribution in [1.82, 2.24) is 0 Å². The molecule has 2 fully saturated rings. The second-order valence-electron chi connectivity index (χ2n) is 6.74. The van der Waals surface area contributed by atoms with Gasteiger partial charge in [-0.05, 0) is 32.0 Å². The summed E-state index contributed by atoms with van der Waals surface area (Å²) in [7, 11) is 0. The molecule has 1 aromatic carbocycles. The highest BCUT2D eigenvalue weighted by Crippen LogP contribution is 2.53. The lowest BCUT2D eigenvalue weighted by atomic mass is 9.77. The minimum absolute atomic E-state index is 0.175. The second-order valence-corrected chi connectivity index (χ2v) is 6.74. The molecule has 0 spiro atoms. The lowest BCUT2D eigenvalue weighted by molar-refractivity contribution is -0.128. The van der Waals surface area contributed by atoms with Crippen LogP contribution in [0.3, 0.4) is 0 Å². The maximum atomic E-state index is 13.1. The van der Waals surface area contributed by atoms with E-state index < -0.39 is 35.4 Å². The fraction of sp³-hybridized carbons (Fsp3) is 0.421. The highest BCUT2D eigenvalue weighted by molar-refractivity contribution is 6.24. The van der Waals surface area contributed by atoms with Crippen LogP contribution in [0.5, 0.6) is 5.75 Å². The van der Waals surface area contributed by atoms with Crippen molar-refractivity contribution in [3.63, 3.8) is 0 Å². The fourth-order valence-electron chi connectivity index (χ4n) is 4.11. The minimum atomic E-state index is -1.15. The molecule has 3 aliphatic rings. The van der Waals surface area contributed by atoms with Crippen LogP contribution in [0.15, 0.2) is 30.4 Å². The van der Waals surface area contributed by atoms with Crippen molar-refractivity contribution in [2.24, 2.45) is 11.8 Å². The maximum Gasteiger partial charge on any atom is 0.241 e. The molecule has 7 nitrogen and oxygen atoms in total. The van der Waals surface area contributed by atoms with E-state index in [0.717, 1.165) is 4.90 Å². The van der Waals surface area contributed by atoms with Crippen molar-refractivity contribution in [3.05, 3.63) is 35.9 Å². The summed E-state index contributed by atoms with van der Waals surface area (Å²) in [6.45, 7) is 3.19. The number of Topliss-reactive ketones (excluding diaryl/α,β-unsaturated/α-hetero) is 1. The molecule has 0 aliphatic carbocycles. The number of anilines is 1. The molecule has 3 aliphatic heterocycles. The third-order valence-electron chi connectivity index (χ3n) is 5.31. The van der Waals surface area contributed by atoms with Gasteiger partial charge < -0.3 is 14.6 Å². The number of hydrogen-bond donors (Lipinski definition) is 1. The summed E-state index contributed by atoms with van der Waals surface area (Å²) in [5, 5.41) is 9.78. The molecule has 4 atom stereocenters. The predicted octanol–water partition coefficient (Wildman–Crippen LogP) is 1.09. The van der Waals surface area contributed by atoms with Gasteiger partial charge in [0.25, 0.3) is 0 Å². The average molecular weight is 357 g/mol. The average Bonchev–Trinajstić information content (AvgIpc) is 3.27. The van der Waals surface area contributed by atoms with E-state index in [-0.39, 0.29) is 18.1 Å². The Balaban J connectivity index is 1.80. The lowest BCUT2D eigenvalue weighted by Gasteiger charge is -2.27. The first-order valence-electron chi connectivity index (χ1n) is 8.57. The zero-order chi connectivity index (χ0) is 18.6. The minimum Gasteiger partial charge on any atom is -0.492 e. The largest absolute Gasteiger partial charge is 0.492 e. The standard InChI is InChI=1S/C19H19NO6/c1-3-25-13-5-4-11(10(2)22)8-12(13)20-17(23)15-14-6-7-19(9-21,26-14)16(15)18(20)24/h4-8,14-16,21H,3,9H2,1-2H3/t14-,15+,16+,19-/m1/s1. The van der Waals surface area contributed by atoms with Gasteiger partial charge in [0, 0.05) is 5.56 Å². The van der Waals surface area contributed by atoms with Gasteiger partial charge in [-0.2, -0.15) is 0 Å². The highest BCUT2D eigenvalue weighted by Gasteiger charge is 2.67. The van der Waals surface area contributed by atoms with Crippen molar-refractivity contribution in [2.75, 3.05) is 18.1 Å². The number of ether oxygens (including phenoxy) is 2. The van der Waals surface area contributed by atoms with Crippen molar-refractivity contribution < 1.29 is 29.0 Å². The molecular formula is C19H19NO6. The van der Waals surface area contributed by atoms with Gasteiger partial charge in [0.15, 0.2) is 5.78 Å². The van der Waals surface area contributed by atoms with Gasteiger partial charge in [-0.3, -0.25) is 14.4 Å². The molecule has 0 aromatic heterocycles. The Morgan fingerprint density at radius 2 is 2.12 bits per heavy atom. The van der Waals surface area contributed by atoms with Crippen LogP contribution in [0.25, 0.3) is 0 Å². The highest BCUT2D eigenvalue weighted by atomic mass is 16.5. The van der Waals surface area contributed by atoms with Crippen LogP contribution in [-0.2, 0) is 14.3 Å². The smallest absolute Gasteiger partial charge is 0.241 e. The number of benzene rings is 1. The number of aliphatic hydroxyl groups excluding tert-OH is 1. The van der Waals surface area contributed by atoms with Gasteiger partial charge in [0.1, 0.15) is 11.4 Å². The molecule has 2 amide bonds. The molecule has 7 heteroatoms. The summed E-state index contributed by atoms with van der Waals surface area (Å²) in [6.07, 6.45) is 2.87. The summed E-state index contributed by atoms with van der Waals surface area (Å²) >= 11 is 0. The topological polar surface area (TPSA) is 93.1 Å². The maximum absolute atomic E-state index is 13.1. The van der Waals surface area contributed by atoms with E-state index in [0.29, 0.717) is 17.9 Å². The van der Waals surface area contributed by atoms with Gasteiger partial charge in [0.05, 0.1) is 36.8 Å². The van der Waals surface area contributed by atoms with Gasteiger partial charge in [0.2, 0.25) is 11.8 Å². The van der Waals surface area contributed by atoms with Crippen LogP contribution in [0.1, 0.15) is 24.2 Å². The van der Waals surface area contributed by atoms with E-state index in [1.807, 2.05) is 0 Å². The SMILES string of the molecule is CCOc1ccc(C(C)=O)cc1N1C(=O)[C@@H]2[C@@H](C1=O)[C@]1(CO)C=C[C@H]2O1. The molecular weight excluding hydrogens is 338 g/mol. The van der Waals surface area contributed by atoms with Crippen LogP contribution >= 0.6 is 0 Å². The monoisotopic (exact) mass is 357 g/mol. The van der Waals surface area contributed by atoms with Gasteiger partial charge >= 0.3 is 0 Å². The van der Waals surface area contributed by atoms with Crippen molar-refractivity contribution in [3.8, 4) is 5.75 Å². The van der Waals surface area contributed by atoms with Crippen LogP contribution in [0, 0.1) is 11.8 Å². The van der Waals surface area contributed by atoms with Crippen molar-refractivity contribution in [1.29, 1.82) is 0 Å². The molecule has 2 saturated heterocycles. The number of carbonyl (C=O) groups is 3. The normalized spacial score (nSPS) is 31.7. The number of fused-ring (bicyclic) bond motifs is 5. The fourth-order valence-corrected chi connectivity index (χ4v) is 4.11. The number of aliphatic hydroxyl groups is 1. The molecule has 4 rings (SSSR count). The summed E-state index contributed by atoms with van der Waals surface area (Å²) < 4.78 is 11.3. The predicted molar refractivity (Wildman–Crippen MR) is 90.9 cm³/mol. The van der Waals surface area contributed by atoms with Crippen LogP contribution < -0.4 is 9.64 Å². The second kappa shape index (κ2) is 5.75. The number of hydrogen-bond acceptors (Lipinski definition) is 6. The van der Waals surface area contributed by atoms with E-state index in [9.17, 15) is 19.5 Å². The van der Waals surface area contributed by atoms with Crippen LogP contribution in [0.4, 0.5) is 5.69 Å². The summed E-state index contributed by atoms with van der Waals surface area (Å²) in [5.41, 5.74) is -0.507. The first-order valence-corrected chi connectivity index (χ1v) is 8.57. The quantitative estimate of drug-likeness (QED) is 0.482. The molecule has 0 radical (unpaired) electrons. The van der Waals surface area contributed by atoms with Gasteiger partial charge in [-0.15, -0.1) is 0 Å². The van der Waals surface area contributed by atoms with E-state index in [2.05, 4.69) is 0 Å². The third kappa shape index (κ3) is 2.10. The Morgan fingerprint density at radius 1 is 1.35 bits per heavy atom. The summed E-state index contributed by atoms with van der Waals surface area (Å²) in [6, 6.07) is 4.70. The zero-order valence-corrected chi connectivity index (χ0v) is 14.5. The molecule has 136 valence electrons. The molecule has 3 heterocycles. The van der Waals surface area contributed by atoms with E-state index >= 15 is 0 Å². The molecule has 0 saturated carbocycles. The number of rotatable bonds is 5. The van der Waals surface area contributed by atoms with Crippen LogP contribution in [-0.4, -0.2) is 47.6 Å². The van der Waals surface area contributed by atoms with E-state index in [1.54, 1.807) is 31.2 Å². The van der Waals surface area contributed by atoms with Crippen LogP contribution in [0.2, 0.25) is 0 Å². The first-order chi connectivity index (χ1) is 12.4. The number of carbonyl (C=O) groups excluding carboxylic acids is 3. The van der Waals surface area contributed by atoms with Gasteiger partial charge in [-0.25, -0.2) is 4.90 Å². The number of ketones is 1. The molecule has 1 aromatic rings.